The Balaban J connectivity index is 1.98. The minimum atomic E-state index is -0.261. The molecule has 0 fully saturated rings. The van der Waals surface area contributed by atoms with Crippen LogP contribution in [0.1, 0.15) is 30.9 Å². The van der Waals surface area contributed by atoms with Crippen LogP contribution in [-0.2, 0) is 5.41 Å². The molecule has 0 saturated carbocycles. The predicted molar refractivity (Wildman–Crippen MR) is 115 cm³/mol. The maximum Gasteiger partial charge on any atom is 0.0721 e. The summed E-state index contributed by atoms with van der Waals surface area (Å²) in [6.45, 7) is 10.8. The van der Waals surface area contributed by atoms with Gasteiger partial charge in [-0.05, 0) is 63.3 Å². The molecule has 27 heavy (non-hydrogen) atoms. The van der Waals surface area contributed by atoms with E-state index in [-0.39, 0.29) is 5.41 Å². The summed E-state index contributed by atoms with van der Waals surface area (Å²) in [5, 5.41) is 0. The summed E-state index contributed by atoms with van der Waals surface area (Å²) in [4.78, 5) is 0. The summed E-state index contributed by atoms with van der Waals surface area (Å²) in [5.41, 5.74) is 10.6. The Hall–Kier alpha value is -2.86. The van der Waals surface area contributed by atoms with Crippen LogP contribution in [0.25, 0.3) is 5.57 Å². The van der Waals surface area contributed by atoms with E-state index in [1.54, 1.807) is 0 Å². The quantitative estimate of drug-likeness (QED) is 0.552. The summed E-state index contributed by atoms with van der Waals surface area (Å²) in [6.07, 6.45) is 20.2. The normalized spacial score (nSPS) is 27.8. The van der Waals surface area contributed by atoms with Crippen molar-refractivity contribution < 1.29 is 0 Å². The molecule has 132 valence electrons. The van der Waals surface area contributed by atoms with Gasteiger partial charge < -0.3 is 0 Å². The Morgan fingerprint density at radius 1 is 0.963 bits per heavy atom. The monoisotopic (exact) mass is 348 g/mol. The highest BCUT2D eigenvalue weighted by molar-refractivity contribution is 5.94. The maximum absolute atomic E-state index is 4.24. The van der Waals surface area contributed by atoms with E-state index >= 15 is 0 Å². The molecule has 0 amide bonds. The molecule has 2 atom stereocenters. The van der Waals surface area contributed by atoms with E-state index in [9.17, 15) is 0 Å². The van der Waals surface area contributed by atoms with Gasteiger partial charge in [-0.2, -0.15) is 0 Å². The second-order valence-electron chi connectivity index (χ2n) is 7.77. The van der Waals surface area contributed by atoms with Crippen LogP contribution in [0.2, 0.25) is 0 Å². The Bertz CT molecular complexity index is 1060. The first-order valence-electron chi connectivity index (χ1n) is 9.84. The van der Waals surface area contributed by atoms with Gasteiger partial charge in [0.2, 0.25) is 0 Å². The number of benzene rings is 1. The van der Waals surface area contributed by atoms with E-state index in [0.717, 1.165) is 12.8 Å². The van der Waals surface area contributed by atoms with E-state index < -0.39 is 0 Å². The number of hydrogen-bond donors (Lipinski definition) is 0. The molecule has 4 aliphatic rings. The van der Waals surface area contributed by atoms with Crippen molar-refractivity contribution in [2.45, 2.75) is 25.2 Å². The second kappa shape index (κ2) is 5.82. The molecule has 0 heteroatoms. The van der Waals surface area contributed by atoms with Gasteiger partial charge in [0, 0.05) is 0 Å². The fraction of sp³-hybridized carbons (Fsp3) is 0.185. The van der Waals surface area contributed by atoms with Gasteiger partial charge in [-0.1, -0.05) is 93.0 Å². The number of hydrogen-bond acceptors (Lipinski definition) is 0. The van der Waals surface area contributed by atoms with E-state index in [0.29, 0.717) is 5.92 Å². The highest BCUT2D eigenvalue weighted by atomic mass is 14.5. The third-order valence-electron chi connectivity index (χ3n) is 6.51. The molecular weight excluding hydrogens is 324 g/mol. The minimum absolute atomic E-state index is 0.261. The third-order valence-corrected chi connectivity index (χ3v) is 6.51. The van der Waals surface area contributed by atoms with E-state index in [2.05, 4.69) is 86.9 Å². The summed E-state index contributed by atoms with van der Waals surface area (Å²) in [6, 6.07) is 8.82. The largest absolute Gasteiger partial charge is 0.0987 e. The molecule has 2 unspecified atom stereocenters. The SMILES string of the molecule is C=CC1=C(C=C)C2(C3=C(C=CCC=C3)C3=C2C=CCC3C)c2ccccc21. The first kappa shape index (κ1) is 16.3. The lowest BCUT2D eigenvalue weighted by atomic mass is 9.66. The molecule has 5 rings (SSSR count). The highest BCUT2D eigenvalue weighted by Gasteiger charge is 2.53. The molecule has 0 aromatic heterocycles. The van der Waals surface area contributed by atoms with E-state index in [4.69, 9.17) is 0 Å². The van der Waals surface area contributed by atoms with Crippen molar-refractivity contribution in [3.8, 4) is 0 Å². The van der Waals surface area contributed by atoms with Crippen LogP contribution in [0.3, 0.4) is 0 Å². The van der Waals surface area contributed by atoms with E-state index in [1.807, 2.05) is 6.08 Å². The first-order valence-corrected chi connectivity index (χ1v) is 9.84. The molecule has 4 aliphatic carbocycles. The van der Waals surface area contributed by atoms with Crippen LogP contribution in [0, 0.1) is 5.92 Å². The molecule has 0 radical (unpaired) electrons. The van der Waals surface area contributed by atoms with Crippen molar-refractivity contribution in [3.05, 3.63) is 125 Å². The fourth-order valence-corrected chi connectivity index (χ4v) is 5.54. The Morgan fingerprint density at radius 2 is 1.74 bits per heavy atom. The molecule has 0 nitrogen and oxygen atoms in total. The molecular formula is C27H24. The Kier molecular flexibility index (Phi) is 3.52. The molecule has 0 N–H and O–H groups in total. The standard InChI is InChI=1S/C27H24/c1-4-19-20-13-9-10-16-23(20)27(22(19)5-2)24-15-8-6-7-14-21(24)26-18(3)12-11-17-25(26)27/h4-5,7-11,13-18H,1-2,6,12H2,3H3. The highest BCUT2D eigenvalue weighted by Crippen LogP contribution is 2.63. The van der Waals surface area contributed by atoms with Crippen LogP contribution in [0.4, 0.5) is 0 Å². The molecule has 0 bridgehead atoms. The van der Waals surface area contributed by atoms with Crippen molar-refractivity contribution in [3.63, 3.8) is 0 Å². The zero-order valence-corrected chi connectivity index (χ0v) is 15.8. The lowest BCUT2D eigenvalue weighted by Crippen LogP contribution is -2.29. The maximum atomic E-state index is 4.24. The molecule has 0 saturated heterocycles. The van der Waals surface area contributed by atoms with Gasteiger partial charge in [-0.3, -0.25) is 0 Å². The van der Waals surface area contributed by atoms with Crippen LogP contribution in [0.15, 0.2) is 114 Å². The summed E-state index contributed by atoms with van der Waals surface area (Å²) >= 11 is 0. The molecule has 1 aromatic carbocycles. The smallest absolute Gasteiger partial charge is 0.0721 e. The Morgan fingerprint density at radius 3 is 2.56 bits per heavy atom. The van der Waals surface area contributed by atoms with Crippen LogP contribution >= 0.6 is 0 Å². The zero-order chi connectivity index (χ0) is 18.6. The zero-order valence-electron chi connectivity index (χ0n) is 15.8. The summed E-state index contributed by atoms with van der Waals surface area (Å²) < 4.78 is 0. The van der Waals surface area contributed by atoms with Gasteiger partial charge in [0.1, 0.15) is 0 Å². The second-order valence-corrected chi connectivity index (χ2v) is 7.77. The van der Waals surface area contributed by atoms with Crippen molar-refractivity contribution in [1.29, 1.82) is 0 Å². The van der Waals surface area contributed by atoms with Gasteiger partial charge in [-0.25, -0.2) is 0 Å². The first-order chi connectivity index (χ1) is 13.2. The van der Waals surface area contributed by atoms with Crippen molar-refractivity contribution in [2.75, 3.05) is 0 Å². The number of rotatable bonds is 2. The molecule has 1 aromatic rings. The lowest BCUT2D eigenvalue weighted by Gasteiger charge is -2.34. The average molecular weight is 348 g/mol. The fourth-order valence-electron chi connectivity index (χ4n) is 5.54. The summed E-state index contributed by atoms with van der Waals surface area (Å²) in [5.74, 6) is 0.525. The topological polar surface area (TPSA) is 0 Å². The van der Waals surface area contributed by atoms with Crippen molar-refractivity contribution >= 4 is 5.57 Å². The summed E-state index contributed by atoms with van der Waals surface area (Å²) in [7, 11) is 0. The van der Waals surface area contributed by atoms with Gasteiger partial charge in [0.25, 0.3) is 0 Å². The molecule has 1 spiro atoms. The number of fused-ring (bicyclic) bond motifs is 5. The van der Waals surface area contributed by atoms with Gasteiger partial charge >= 0.3 is 0 Å². The molecule has 0 heterocycles. The minimum Gasteiger partial charge on any atom is -0.0987 e. The number of allylic oxidation sites excluding steroid dienone is 14. The third kappa shape index (κ3) is 1.88. The van der Waals surface area contributed by atoms with Gasteiger partial charge in [0.05, 0.1) is 5.41 Å². The van der Waals surface area contributed by atoms with Gasteiger partial charge in [0.15, 0.2) is 0 Å². The van der Waals surface area contributed by atoms with Crippen LogP contribution in [0.5, 0.6) is 0 Å². The molecule has 0 aliphatic heterocycles. The predicted octanol–water partition coefficient (Wildman–Crippen LogP) is 6.78. The van der Waals surface area contributed by atoms with Gasteiger partial charge in [-0.15, -0.1) is 0 Å². The van der Waals surface area contributed by atoms with E-state index in [1.165, 1.54) is 44.6 Å². The average Bonchev–Trinajstić information content (AvgIpc) is 2.99. The van der Waals surface area contributed by atoms with Crippen LogP contribution in [-0.4, -0.2) is 0 Å². The Labute approximate surface area is 162 Å². The van der Waals surface area contributed by atoms with Crippen LogP contribution < -0.4 is 0 Å². The lowest BCUT2D eigenvalue weighted by molar-refractivity contribution is 0.673. The van der Waals surface area contributed by atoms with Crippen molar-refractivity contribution in [2.24, 2.45) is 5.92 Å². The van der Waals surface area contributed by atoms with Crippen molar-refractivity contribution in [1.82, 2.24) is 0 Å².